The van der Waals surface area contributed by atoms with E-state index in [4.69, 9.17) is 0 Å². The van der Waals surface area contributed by atoms with E-state index in [0.717, 1.165) is 19.4 Å². The van der Waals surface area contributed by atoms with Gasteiger partial charge < -0.3 is 15.7 Å². The minimum absolute atomic E-state index is 0.202. The summed E-state index contributed by atoms with van der Waals surface area (Å²) in [6.45, 7) is 7.84. The number of hydrazine groups is 1. The molecule has 0 saturated carbocycles. The largest absolute Gasteiger partial charge is 0.384 e. The van der Waals surface area contributed by atoms with Crippen molar-refractivity contribution < 1.29 is 0 Å². The normalized spacial score (nSPS) is 24.4. The van der Waals surface area contributed by atoms with E-state index in [2.05, 4.69) is 60.1 Å². The van der Waals surface area contributed by atoms with Gasteiger partial charge in [0.2, 0.25) is 0 Å². The molecule has 1 atom stereocenters. The average molecular weight is 310 g/mol. The first-order valence-electron chi connectivity index (χ1n) is 8.65. The van der Waals surface area contributed by atoms with Crippen LogP contribution in [0.5, 0.6) is 0 Å². The first kappa shape index (κ1) is 14.6. The summed E-state index contributed by atoms with van der Waals surface area (Å²) >= 11 is 0. The molecule has 0 aliphatic carbocycles. The Balaban J connectivity index is 1.86. The number of benzene rings is 1. The summed E-state index contributed by atoms with van der Waals surface area (Å²) in [5, 5.41) is 4.96. The summed E-state index contributed by atoms with van der Waals surface area (Å²) in [4.78, 5) is 3.69. The second kappa shape index (κ2) is 5.31. The van der Waals surface area contributed by atoms with Crippen LogP contribution in [0.2, 0.25) is 0 Å². The molecule has 1 unspecified atom stereocenters. The van der Waals surface area contributed by atoms with Crippen LogP contribution in [-0.2, 0) is 11.8 Å². The van der Waals surface area contributed by atoms with Crippen molar-refractivity contribution in [3.8, 4) is 0 Å². The Labute approximate surface area is 137 Å². The Kier molecular flexibility index (Phi) is 3.38. The van der Waals surface area contributed by atoms with E-state index in [1.54, 1.807) is 0 Å². The summed E-state index contributed by atoms with van der Waals surface area (Å²) in [7, 11) is 0. The molecule has 4 rings (SSSR count). The van der Waals surface area contributed by atoms with Crippen molar-refractivity contribution in [2.75, 3.05) is 11.9 Å². The van der Waals surface area contributed by atoms with Gasteiger partial charge in [-0.15, -0.1) is 0 Å². The summed E-state index contributed by atoms with van der Waals surface area (Å²) in [5.41, 5.74) is 13.5. The lowest BCUT2D eigenvalue weighted by atomic mass is 9.86. The van der Waals surface area contributed by atoms with Gasteiger partial charge in [-0.1, -0.05) is 19.9 Å². The number of anilines is 1. The maximum atomic E-state index is 3.69. The van der Waals surface area contributed by atoms with E-state index in [1.807, 2.05) is 6.20 Å². The Morgan fingerprint density at radius 1 is 1.22 bits per heavy atom. The number of allylic oxidation sites excluding steroid dienone is 1. The zero-order chi connectivity index (χ0) is 16.0. The molecule has 0 bridgehead atoms. The molecule has 1 aromatic heterocycles. The molecule has 0 saturated heterocycles. The number of aromatic amines is 1. The van der Waals surface area contributed by atoms with Gasteiger partial charge in [-0.3, -0.25) is 0 Å². The van der Waals surface area contributed by atoms with E-state index < -0.39 is 0 Å². The predicted molar refractivity (Wildman–Crippen MR) is 96.6 cm³/mol. The number of H-pyrrole nitrogens is 1. The van der Waals surface area contributed by atoms with E-state index in [1.165, 1.54) is 39.8 Å². The number of aryl methyl sites for hydroxylation is 1. The van der Waals surface area contributed by atoms with Crippen molar-refractivity contribution in [3.63, 3.8) is 0 Å². The molecule has 4 heteroatoms. The van der Waals surface area contributed by atoms with Gasteiger partial charge >= 0.3 is 0 Å². The van der Waals surface area contributed by atoms with Crippen molar-refractivity contribution >= 4 is 16.6 Å². The highest BCUT2D eigenvalue weighted by Crippen LogP contribution is 2.40. The van der Waals surface area contributed by atoms with Gasteiger partial charge in [0.15, 0.2) is 0 Å². The second-order valence-corrected chi connectivity index (χ2v) is 7.50. The third-order valence-corrected chi connectivity index (χ3v) is 5.26. The molecule has 1 aromatic carbocycles. The van der Waals surface area contributed by atoms with Gasteiger partial charge in [-0.05, 0) is 49.4 Å². The SMILES string of the molecule is CC1NN/C=C/CCCc2c1[nH]c1cc3c(cc21)NCC3(C)C. The van der Waals surface area contributed by atoms with Crippen LogP contribution < -0.4 is 16.2 Å². The fourth-order valence-electron chi connectivity index (χ4n) is 3.86. The Bertz CT molecular complexity index is 769. The highest BCUT2D eigenvalue weighted by molar-refractivity contribution is 5.90. The quantitative estimate of drug-likeness (QED) is 0.597. The van der Waals surface area contributed by atoms with Crippen LogP contribution in [0.4, 0.5) is 5.69 Å². The van der Waals surface area contributed by atoms with E-state index in [9.17, 15) is 0 Å². The van der Waals surface area contributed by atoms with Gasteiger partial charge in [0, 0.05) is 40.4 Å². The van der Waals surface area contributed by atoms with Crippen LogP contribution in [0.25, 0.3) is 10.9 Å². The molecule has 23 heavy (non-hydrogen) atoms. The summed E-state index contributed by atoms with van der Waals surface area (Å²) in [6.07, 6.45) is 7.60. The molecule has 0 fully saturated rings. The Hall–Kier alpha value is -1.94. The third-order valence-electron chi connectivity index (χ3n) is 5.26. The number of nitrogens with one attached hydrogen (secondary N) is 4. The fourth-order valence-corrected chi connectivity index (χ4v) is 3.86. The van der Waals surface area contributed by atoms with Gasteiger partial charge in [0.05, 0.1) is 6.04 Å². The van der Waals surface area contributed by atoms with E-state index in [-0.39, 0.29) is 11.5 Å². The number of rotatable bonds is 0. The van der Waals surface area contributed by atoms with Crippen molar-refractivity contribution in [1.29, 1.82) is 0 Å². The van der Waals surface area contributed by atoms with Crippen molar-refractivity contribution in [3.05, 3.63) is 41.2 Å². The molecule has 4 N–H and O–H groups in total. The number of hydrogen-bond donors (Lipinski definition) is 4. The molecule has 2 aliphatic rings. The first-order valence-corrected chi connectivity index (χ1v) is 8.65. The van der Waals surface area contributed by atoms with Crippen LogP contribution in [0.3, 0.4) is 0 Å². The van der Waals surface area contributed by atoms with Gasteiger partial charge in [0.1, 0.15) is 0 Å². The molecule has 0 amide bonds. The Morgan fingerprint density at radius 3 is 2.96 bits per heavy atom. The van der Waals surface area contributed by atoms with Gasteiger partial charge in [-0.2, -0.15) is 0 Å². The molecule has 2 aromatic rings. The zero-order valence-corrected chi connectivity index (χ0v) is 14.2. The first-order chi connectivity index (χ1) is 11.1. The van der Waals surface area contributed by atoms with Crippen LogP contribution in [0, 0.1) is 0 Å². The van der Waals surface area contributed by atoms with Gasteiger partial charge in [0.25, 0.3) is 0 Å². The molecule has 122 valence electrons. The predicted octanol–water partition coefficient (Wildman–Crippen LogP) is 3.88. The highest BCUT2D eigenvalue weighted by atomic mass is 15.4. The second-order valence-electron chi connectivity index (χ2n) is 7.50. The van der Waals surface area contributed by atoms with Gasteiger partial charge in [-0.25, -0.2) is 5.43 Å². The minimum Gasteiger partial charge on any atom is -0.384 e. The topological polar surface area (TPSA) is 51.9 Å². The van der Waals surface area contributed by atoms with Crippen LogP contribution >= 0.6 is 0 Å². The van der Waals surface area contributed by atoms with E-state index in [0.29, 0.717) is 0 Å². The fraction of sp³-hybridized carbons (Fsp3) is 0.474. The van der Waals surface area contributed by atoms with Crippen LogP contribution in [0.15, 0.2) is 24.4 Å². The van der Waals surface area contributed by atoms with Crippen molar-refractivity contribution in [1.82, 2.24) is 15.8 Å². The molecular formula is C19H26N4. The van der Waals surface area contributed by atoms with Crippen LogP contribution in [-0.4, -0.2) is 11.5 Å². The molecule has 0 spiro atoms. The summed E-state index contributed by atoms with van der Waals surface area (Å²) in [6, 6.07) is 4.96. The average Bonchev–Trinajstić information content (AvgIpc) is 3.03. The van der Waals surface area contributed by atoms with E-state index >= 15 is 0 Å². The van der Waals surface area contributed by atoms with Crippen molar-refractivity contribution in [2.45, 2.75) is 51.5 Å². The summed E-state index contributed by atoms with van der Waals surface area (Å²) in [5.74, 6) is 0. The minimum atomic E-state index is 0.202. The zero-order valence-electron chi connectivity index (χ0n) is 14.2. The smallest absolute Gasteiger partial charge is 0.0634 e. The Morgan fingerprint density at radius 2 is 2.09 bits per heavy atom. The maximum Gasteiger partial charge on any atom is 0.0634 e. The monoisotopic (exact) mass is 310 g/mol. The number of fused-ring (bicyclic) bond motifs is 4. The molecule has 0 radical (unpaired) electrons. The number of aromatic nitrogens is 1. The molecule has 3 heterocycles. The molecule has 2 aliphatic heterocycles. The molecular weight excluding hydrogens is 284 g/mol. The maximum absolute atomic E-state index is 3.69. The number of hydrogen-bond acceptors (Lipinski definition) is 3. The lowest BCUT2D eigenvalue weighted by molar-refractivity contribution is 0.510. The third kappa shape index (κ3) is 2.41. The van der Waals surface area contributed by atoms with Crippen molar-refractivity contribution in [2.24, 2.45) is 0 Å². The van der Waals surface area contributed by atoms with Crippen LogP contribution in [0.1, 0.15) is 56.5 Å². The standard InChI is InChI=1S/C19H26N4/c1-12-18-13(7-5-4-6-8-21-23-12)14-9-17-15(10-16(14)22-18)19(2,3)11-20-17/h6,8-10,12,20-23H,4-5,7,11H2,1-3H3/b8-6+. The lowest BCUT2D eigenvalue weighted by Gasteiger charge is -2.16. The highest BCUT2D eigenvalue weighted by Gasteiger charge is 2.31. The molecule has 4 nitrogen and oxygen atoms in total. The summed E-state index contributed by atoms with van der Waals surface area (Å²) < 4.78 is 0. The lowest BCUT2D eigenvalue weighted by Crippen LogP contribution is -2.30.